The molecular formula is C21H18ClN3O4. The van der Waals surface area contributed by atoms with Crippen LogP contribution in [0.1, 0.15) is 28.2 Å². The van der Waals surface area contributed by atoms with Crippen molar-refractivity contribution in [3.05, 3.63) is 74.8 Å². The Balaban J connectivity index is 1.40. The first-order valence-electron chi connectivity index (χ1n) is 9.23. The number of nitrogens with one attached hydrogen (secondary N) is 1. The summed E-state index contributed by atoms with van der Waals surface area (Å²) in [6.45, 7) is 0.497. The second-order valence-electron chi connectivity index (χ2n) is 6.76. The third kappa shape index (κ3) is 4.00. The first-order valence-corrected chi connectivity index (χ1v) is 9.61. The maximum atomic E-state index is 12.5. The summed E-state index contributed by atoms with van der Waals surface area (Å²) >= 11 is 6.04. The van der Waals surface area contributed by atoms with Crippen molar-refractivity contribution in [3.8, 4) is 0 Å². The first kappa shape index (κ1) is 19.1. The third-order valence-electron chi connectivity index (χ3n) is 4.82. The van der Waals surface area contributed by atoms with Gasteiger partial charge >= 0.3 is 5.97 Å². The molecule has 0 saturated heterocycles. The van der Waals surface area contributed by atoms with Gasteiger partial charge in [-0.25, -0.2) is 9.78 Å². The highest BCUT2D eigenvalue weighted by atomic mass is 35.5. The Kier molecular flexibility index (Phi) is 5.31. The van der Waals surface area contributed by atoms with E-state index >= 15 is 0 Å². The fourth-order valence-corrected chi connectivity index (χ4v) is 3.51. The van der Waals surface area contributed by atoms with Crippen molar-refractivity contribution in [2.45, 2.75) is 25.9 Å². The number of benzene rings is 2. The van der Waals surface area contributed by atoms with Crippen LogP contribution in [0.4, 0.5) is 0 Å². The van der Waals surface area contributed by atoms with E-state index in [0.29, 0.717) is 22.5 Å². The number of esters is 1. The number of rotatable bonds is 5. The molecule has 0 radical (unpaired) electrons. The summed E-state index contributed by atoms with van der Waals surface area (Å²) in [6.07, 6.45) is 1.63. The van der Waals surface area contributed by atoms with Gasteiger partial charge in [-0.05, 0) is 36.2 Å². The quantitative estimate of drug-likeness (QED) is 0.651. The minimum Gasteiger partial charge on any atom is -0.452 e. The molecule has 0 aliphatic carbocycles. The van der Waals surface area contributed by atoms with Gasteiger partial charge in [0.1, 0.15) is 5.82 Å². The number of halogens is 1. The Morgan fingerprint density at radius 1 is 1.21 bits per heavy atom. The van der Waals surface area contributed by atoms with Crippen LogP contribution >= 0.6 is 11.6 Å². The third-order valence-corrected chi connectivity index (χ3v) is 5.19. The number of nitrogens with zero attached hydrogens (tertiary/aromatic N) is 2. The monoisotopic (exact) mass is 411 g/mol. The van der Waals surface area contributed by atoms with Gasteiger partial charge in [-0.3, -0.25) is 14.2 Å². The zero-order valence-corrected chi connectivity index (χ0v) is 16.2. The minimum atomic E-state index is -0.651. The first-order chi connectivity index (χ1) is 14.0. The van der Waals surface area contributed by atoms with Gasteiger partial charge in [0.15, 0.2) is 6.61 Å². The molecule has 1 N–H and O–H groups in total. The number of aromatic nitrogens is 2. The maximum Gasteiger partial charge on any atom is 0.338 e. The highest BCUT2D eigenvalue weighted by Crippen LogP contribution is 2.17. The molecule has 1 aromatic heterocycles. The highest BCUT2D eigenvalue weighted by molar-refractivity contribution is 6.31. The van der Waals surface area contributed by atoms with E-state index in [1.165, 1.54) is 12.1 Å². The molecule has 0 unspecified atom stereocenters. The van der Waals surface area contributed by atoms with E-state index in [2.05, 4.69) is 10.3 Å². The zero-order valence-electron chi connectivity index (χ0n) is 15.5. The second kappa shape index (κ2) is 8.05. The summed E-state index contributed by atoms with van der Waals surface area (Å²) in [5, 5.41) is 3.67. The van der Waals surface area contributed by atoms with Gasteiger partial charge in [-0.1, -0.05) is 29.8 Å². The average molecular weight is 412 g/mol. The summed E-state index contributed by atoms with van der Waals surface area (Å²) < 4.78 is 6.76. The molecule has 148 valence electrons. The van der Waals surface area contributed by atoms with Gasteiger partial charge < -0.3 is 10.1 Å². The molecule has 3 aromatic rings. The number of hydrogen-bond donors (Lipinski definition) is 1. The molecular weight excluding hydrogens is 394 g/mol. The Bertz CT molecular complexity index is 1170. The van der Waals surface area contributed by atoms with Crippen molar-refractivity contribution in [2.24, 2.45) is 0 Å². The number of fused-ring (bicyclic) bond motifs is 2. The number of carbonyl (C=O) groups excluding carboxylic acids is 2. The van der Waals surface area contributed by atoms with Crippen LogP contribution in [0.2, 0.25) is 5.02 Å². The van der Waals surface area contributed by atoms with Crippen LogP contribution in [0.5, 0.6) is 0 Å². The summed E-state index contributed by atoms with van der Waals surface area (Å²) in [5.41, 5.74) is 1.38. The lowest BCUT2D eigenvalue weighted by atomic mass is 10.1. The molecule has 1 amide bonds. The van der Waals surface area contributed by atoms with Crippen LogP contribution in [0.25, 0.3) is 10.9 Å². The van der Waals surface area contributed by atoms with Gasteiger partial charge in [0.05, 0.1) is 16.5 Å². The van der Waals surface area contributed by atoms with Crippen molar-refractivity contribution in [1.29, 1.82) is 0 Å². The van der Waals surface area contributed by atoms with Crippen molar-refractivity contribution in [1.82, 2.24) is 14.9 Å². The van der Waals surface area contributed by atoms with Crippen molar-refractivity contribution in [2.75, 3.05) is 6.61 Å². The zero-order chi connectivity index (χ0) is 20.4. The normalized spacial score (nSPS) is 12.6. The SMILES string of the molecule is O=C(COC(=O)c1ccc2c(=O)n3c(nc2c1)CCC3)NCc1ccccc1Cl. The largest absolute Gasteiger partial charge is 0.452 e. The summed E-state index contributed by atoms with van der Waals surface area (Å²) in [5.74, 6) is -0.359. The number of aryl methyl sites for hydroxylation is 1. The summed E-state index contributed by atoms with van der Waals surface area (Å²) in [4.78, 5) is 41.2. The van der Waals surface area contributed by atoms with E-state index in [9.17, 15) is 14.4 Å². The lowest BCUT2D eigenvalue weighted by molar-refractivity contribution is -0.124. The minimum absolute atomic E-state index is 0.0960. The molecule has 7 nitrogen and oxygen atoms in total. The molecule has 0 atom stereocenters. The van der Waals surface area contributed by atoms with Crippen LogP contribution in [0.15, 0.2) is 47.3 Å². The molecule has 0 bridgehead atoms. The molecule has 4 rings (SSSR count). The molecule has 0 spiro atoms. The van der Waals surface area contributed by atoms with Crippen molar-refractivity contribution >= 4 is 34.4 Å². The van der Waals surface area contributed by atoms with Crippen molar-refractivity contribution in [3.63, 3.8) is 0 Å². The van der Waals surface area contributed by atoms with Gasteiger partial charge in [0.25, 0.3) is 11.5 Å². The predicted molar refractivity (Wildman–Crippen MR) is 108 cm³/mol. The molecule has 29 heavy (non-hydrogen) atoms. The van der Waals surface area contributed by atoms with E-state index in [0.717, 1.165) is 24.2 Å². The number of hydrogen-bond acceptors (Lipinski definition) is 5. The Labute approximate surface area is 171 Å². The number of ether oxygens (including phenoxy) is 1. The Morgan fingerprint density at radius 2 is 2.03 bits per heavy atom. The fraction of sp³-hybridized carbons (Fsp3) is 0.238. The van der Waals surface area contributed by atoms with E-state index in [-0.39, 0.29) is 17.7 Å². The fourth-order valence-electron chi connectivity index (χ4n) is 3.31. The van der Waals surface area contributed by atoms with Crippen LogP contribution < -0.4 is 10.9 Å². The molecule has 2 heterocycles. The standard InChI is InChI=1S/C21H18ClN3O4/c22-16-5-2-1-4-14(16)11-23-19(26)12-29-21(28)13-7-8-15-17(10-13)24-18-6-3-9-25(18)20(15)27/h1-2,4-5,7-8,10H,3,6,9,11-12H2,(H,23,26). The van der Waals surface area contributed by atoms with Crippen LogP contribution in [0.3, 0.4) is 0 Å². The highest BCUT2D eigenvalue weighted by Gasteiger charge is 2.18. The van der Waals surface area contributed by atoms with Gasteiger partial charge in [-0.15, -0.1) is 0 Å². The maximum absolute atomic E-state index is 12.5. The lowest BCUT2D eigenvalue weighted by Gasteiger charge is -2.09. The summed E-state index contributed by atoms with van der Waals surface area (Å²) in [7, 11) is 0. The average Bonchev–Trinajstić information content (AvgIpc) is 3.20. The van der Waals surface area contributed by atoms with E-state index in [1.54, 1.807) is 28.8 Å². The van der Waals surface area contributed by atoms with Crippen LogP contribution in [-0.2, 0) is 29.0 Å². The van der Waals surface area contributed by atoms with Gasteiger partial charge in [0, 0.05) is 24.5 Å². The Hall–Kier alpha value is -3.19. The van der Waals surface area contributed by atoms with Crippen molar-refractivity contribution < 1.29 is 14.3 Å². The second-order valence-corrected chi connectivity index (χ2v) is 7.17. The van der Waals surface area contributed by atoms with Gasteiger partial charge in [0.2, 0.25) is 0 Å². The molecule has 1 aliphatic heterocycles. The predicted octanol–water partition coefficient (Wildman–Crippen LogP) is 2.47. The molecule has 0 fully saturated rings. The smallest absolute Gasteiger partial charge is 0.338 e. The van der Waals surface area contributed by atoms with Crippen LogP contribution in [-0.4, -0.2) is 28.0 Å². The number of carbonyl (C=O) groups is 2. The summed E-state index contributed by atoms with van der Waals surface area (Å²) in [6, 6.07) is 11.8. The molecule has 8 heteroatoms. The van der Waals surface area contributed by atoms with Crippen LogP contribution in [0, 0.1) is 0 Å². The van der Waals surface area contributed by atoms with E-state index in [1.807, 2.05) is 6.07 Å². The molecule has 1 aliphatic rings. The topological polar surface area (TPSA) is 90.3 Å². The van der Waals surface area contributed by atoms with Gasteiger partial charge in [-0.2, -0.15) is 0 Å². The lowest BCUT2D eigenvalue weighted by Crippen LogP contribution is -2.28. The van der Waals surface area contributed by atoms with E-state index in [4.69, 9.17) is 16.3 Å². The van der Waals surface area contributed by atoms with E-state index < -0.39 is 18.5 Å². The Morgan fingerprint density at radius 3 is 2.86 bits per heavy atom. The molecule has 0 saturated carbocycles. The molecule has 2 aromatic carbocycles. The number of amides is 1.